The number of anilines is 1. The van der Waals surface area contributed by atoms with Gasteiger partial charge in [-0.25, -0.2) is 0 Å². The van der Waals surface area contributed by atoms with E-state index in [9.17, 15) is 0 Å². The fourth-order valence-corrected chi connectivity index (χ4v) is 3.97. The highest BCUT2D eigenvalue weighted by Gasteiger charge is 2.16. The molecule has 6 heteroatoms. The van der Waals surface area contributed by atoms with E-state index < -0.39 is 0 Å². The molecular formula is C22H23N5O. The van der Waals surface area contributed by atoms with Gasteiger partial charge >= 0.3 is 0 Å². The van der Waals surface area contributed by atoms with Gasteiger partial charge in [-0.3, -0.25) is 10.1 Å². The third kappa shape index (κ3) is 3.01. The van der Waals surface area contributed by atoms with Crippen molar-refractivity contribution in [2.75, 3.05) is 25.1 Å². The molecule has 1 fully saturated rings. The molecule has 1 aliphatic heterocycles. The van der Waals surface area contributed by atoms with Crippen LogP contribution in [0.1, 0.15) is 19.3 Å². The molecule has 0 unspecified atom stereocenters. The Bertz CT molecular complexity index is 1110. The second-order valence-electron chi connectivity index (χ2n) is 7.25. The van der Waals surface area contributed by atoms with Gasteiger partial charge in [0.05, 0.1) is 24.7 Å². The summed E-state index contributed by atoms with van der Waals surface area (Å²) in [5.74, 6) is 0.727. The molecule has 0 radical (unpaired) electrons. The summed E-state index contributed by atoms with van der Waals surface area (Å²) in [7, 11) is 1.64. The maximum atomic E-state index is 5.27. The van der Waals surface area contributed by atoms with E-state index in [2.05, 4.69) is 49.3 Å². The molecule has 142 valence electrons. The Balaban J connectivity index is 1.51. The van der Waals surface area contributed by atoms with Crippen LogP contribution in [-0.4, -0.2) is 40.4 Å². The van der Waals surface area contributed by atoms with Crippen molar-refractivity contribution in [1.29, 1.82) is 0 Å². The number of methoxy groups -OCH3 is 1. The summed E-state index contributed by atoms with van der Waals surface area (Å²) in [5, 5.41) is 8.89. The molecular weight excluding hydrogens is 350 g/mol. The fraction of sp³-hybridized carbons (Fsp3) is 0.273. The lowest BCUT2D eigenvalue weighted by Gasteiger charge is -2.29. The minimum absolute atomic E-state index is 0.727. The third-order valence-electron chi connectivity index (χ3n) is 5.45. The zero-order valence-electron chi connectivity index (χ0n) is 15.9. The van der Waals surface area contributed by atoms with E-state index >= 15 is 0 Å². The molecule has 2 N–H and O–H groups in total. The van der Waals surface area contributed by atoms with Crippen molar-refractivity contribution in [2.24, 2.45) is 0 Å². The zero-order chi connectivity index (χ0) is 18.9. The number of aromatic amines is 2. The molecule has 1 aromatic carbocycles. The highest BCUT2D eigenvalue weighted by molar-refractivity contribution is 5.96. The molecule has 0 spiro atoms. The van der Waals surface area contributed by atoms with E-state index in [-0.39, 0.29) is 0 Å². The molecule has 4 aromatic rings. The number of nitrogens with one attached hydrogen (secondary N) is 2. The summed E-state index contributed by atoms with van der Waals surface area (Å²) in [6.45, 7) is 2.27. The SMILES string of the molecule is COc1cncc(-c2cc(-c3cc4c(N5CCCCC5)cccc4[nH]3)n[nH]2)c1. The van der Waals surface area contributed by atoms with Gasteiger partial charge in [0.2, 0.25) is 0 Å². The van der Waals surface area contributed by atoms with Crippen LogP contribution in [0.15, 0.2) is 48.8 Å². The molecule has 0 saturated carbocycles. The third-order valence-corrected chi connectivity index (χ3v) is 5.45. The van der Waals surface area contributed by atoms with Gasteiger partial charge in [0.15, 0.2) is 0 Å². The first kappa shape index (κ1) is 16.9. The predicted octanol–water partition coefficient (Wildman–Crippen LogP) is 4.62. The molecule has 5 rings (SSSR count). The normalized spacial score (nSPS) is 14.5. The topological polar surface area (TPSA) is 69.8 Å². The first-order valence-electron chi connectivity index (χ1n) is 9.74. The van der Waals surface area contributed by atoms with Gasteiger partial charge < -0.3 is 14.6 Å². The molecule has 0 aliphatic carbocycles. The number of benzene rings is 1. The van der Waals surface area contributed by atoms with Gasteiger partial charge in [0, 0.05) is 41.4 Å². The number of fused-ring (bicyclic) bond motifs is 1. The number of rotatable bonds is 4. The van der Waals surface area contributed by atoms with E-state index in [1.54, 1.807) is 19.5 Å². The molecule has 0 amide bonds. The van der Waals surface area contributed by atoms with Gasteiger partial charge in [0.25, 0.3) is 0 Å². The Hall–Kier alpha value is -3.28. The average molecular weight is 373 g/mol. The lowest BCUT2D eigenvalue weighted by atomic mass is 10.1. The number of aromatic nitrogens is 4. The molecule has 6 nitrogen and oxygen atoms in total. The monoisotopic (exact) mass is 373 g/mol. The minimum Gasteiger partial charge on any atom is -0.495 e. The average Bonchev–Trinajstić information content (AvgIpc) is 3.41. The maximum absolute atomic E-state index is 5.27. The van der Waals surface area contributed by atoms with Crippen LogP contribution < -0.4 is 9.64 Å². The Morgan fingerprint density at radius 2 is 1.89 bits per heavy atom. The Morgan fingerprint density at radius 1 is 1.00 bits per heavy atom. The van der Waals surface area contributed by atoms with Crippen LogP contribution in [-0.2, 0) is 0 Å². The summed E-state index contributed by atoms with van der Waals surface area (Å²) in [4.78, 5) is 10.3. The van der Waals surface area contributed by atoms with Crippen molar-refractivity contribution in [1.82, 2.24) is 20.2 Å². The number of hydrogen-bond donors (Lipinski definition) is 2. The van der Waals surface area contributed by atoms with Gasteiger partial charge in [-0.2, -0.15) is 5.10 Å². The molecule has 0 bridgehead atoms. The van der Waals surface area contributed by atoms with Crippen molar-refractivity contribution in [3.05, 3.63) is 48.8 Å². The van der Waals surface area contributed by atoms with Crippen molar-refractivity contribution >= 4 is 16.6 Å². The first-order valence-corrected chi connectivity index (χ1v) is 9.74. The number of nitrogens with zero attached hydrogens (tertiary/aromatic N) is 3. The van der Waals surface area contributed by atoms with Crippen LogP contribution in [0.25, 0.3) is 33.5 Å². The zero-order valence-corrected chi connectivity index (χ0v) is 15.9. The van der Waals surface area contributed by atoms with Crippen LogP contribution in [0.2, 0.25) is 0 Å². The summed E-state index contributed by atoms with van der Waals surface area (Å²) in [6, 6.07) is 12.7. The quantitative estimate of drug-likeness (QED) is 0.548. The number of ether oxygens (including phenoxy) is 1. The van der Waals surface area contributed by atoms with Gasteiger partial charge in [-0.15, -0.1) is 0 Å². The number of hydrogen-bond acceptors (Lipinski definition) is 4. The Kier molecular flexibility index (Phi) is 4.24. The molecule has 4 heterocycles. The van der Waals surface area contributed by atoms with E-state index in [4.69, 9.17) is 4.74 Å². The van der Waals surface area contributed by atoms with Crippen LogP contribution >= 0.6 is 0 Å². The fourth-order valence-electron chi connectivity index (χ4n) is 3.97. The minimum atomic E-state index is 0.727. The summed E-state index contributed by atoms with van der Waals surface area (Å²) < 4.78 is 5.27. The number of H-pyrrole nitrogens is 2. The van der Waals surface area contributed by atoms with Crippen LogP contribution in [0.4, 0.5) is 5.69 Å². The van der Waals surface area contributed by atoms with E-state index in [1.807, 2.05) is 12.1 Å². The first-order chi connectivity index (χ1) is 13.8. The van der Waals surface area contributed by atoms with Crippen LogP contribution in [0.5, 0.6) is 5.75 Å². The lowest BCUT2D eigenvalue weighted by Crippen LogP contribution is -2.29. The molecule has 1 aliphatic rings. The highest BCUT2D eigenvalue weighted by Crippen LogP contribution is 2.33. The second kappa shape index (κ2) is 7.03. The van der Waals surface area contributed by atoms with Crippen molar-refractivity contribution in [3.8, 4) is 28.4 Å². The predicted molar refractivity (Wildman–Crippen MR) is 112 cm³/mol. The van der Waals surface area contributed by atoms with E-state index in [1.165, 1.54) is 30.3 Å². The Labute approximate surface area is 163 Å². The maximum Gasteiger partial charge on any atom is 0.137 e. The smallest absolute Gasteiger partial charge is 0.137 e. The number of pyridine rings is 1. The van der Waals surface area contributed by atoms with Crippen molar-refractivity contribution in [2.45, 2.75) is 19.3 Å². The molecule has 28 heavy (non-hydrogen) atoms. The van der Waals surface area contributed by atoms with Crippen LogP contribution in [0, 0.1) is 0 Å². The Morgan fingerprint density at radius 3 is 2.75 bits per heavy atom. The lowest BCUT2D eigenvalue weighted by molar-refractivity contribution is 0.413. The van der Waals surface area contributed by atoms with E-state index in [0.29, 0.717) is 0 Å². The van der Waals surface area contributed by atoms with Crippen molar-refractivity contribution < 1.29 is 4.74 Å². The summed E-state index contributed by atoms with van der Waals surface area (Å²) >= 11 is 0. The van der Waals surface area contributed by atoms with Crippen molar-refractivity contribution in [3.63, 3.8) is 0 Å². The standard InChI is InChI=1S/C22H23N5O/c1-28-16-10-15(13-23-14-16)19-12-21(26-25-19)20-11-17-18(24-20)6-5-7-22(17)27-8-3-2-4-9-27/h5-7,10-14,24H,2-4,8-9H2,1H3,(H,25,26). The molecule has 0 atom stereocenters. The summed E-state index contributed by atoms with van der Waals surface area (Å²) in [6.07, 6.45) is 7.37. The number of piperidine rings is 1. The highest BCUT2D eigenvalue weighted by atomic mass is 16.5. The largest absolute Gasteiger partial charge is 0.495 e. The van der Waals surface area contributed by atoms with Gasteiger partial charge in [0.1, 0.15) is 11.4 Å². The van der Waals surface area contributed by atoms with E-state index in [0.717, 1.165) is 47.0 Å². The molecule has 1 saturated heterocycles. The van der Waals surface area contributed by atoms with Gasteiger partial charge in [-0.1, -0.05) is 6.07 Å². The summed E-state index contributed by atoms with van der Waals surface area (Å²) in [5.41, 5.74) is 6.22. The van der Waals surface area contributed by atoms with Crippen LogP contribution in [0.3, 0.4) is 0 Å². The van der Waals surface area contributed by atoms with Gasteiger partial charge in [-0.05, 0) is 49.6 Å². The second-order valence-corrected chi connectivity index (χ2v) is 7.25. The molecule has 3 aromatic heterocycles.